The third kappa shape index (κ3) is 22.3. The molecule has 0 atom stereocenters. The lowest BCUT2D eigenvalue weighted by Gasteiger charge is -2.13. The Hall–Kier alpha value is -4.94. The highest BCUT2D eigenvalue weighted by Crippen LogP contribution is 2.20. The highest BCUT2D eigenvalue weighted by atomic mass is 32.1. The second-order valence-corrected chi connectivity index (χ2v) is 19.1. The maximum atomic E-state index is 12.2. The molecule has 4 rings (SSSR count). The summed E-state index contributed by atoms with van der Waals surface area (Å²) in [6, 6.07) is 23.3. The smallest absolute Gasteiger partial charge is 0.251 e. The predicted octanol–water partition coefficient (Wildman–Crippen LogP) is 11.9. The molecule has 0 spiro atoms. The summed E-state index contributed by atoms with van der Waals surface area (Å²) in [7, 11) is 0. The summed E-state index contributed by atoms with van der Waals surface area (Å²) >= 11 is 10.6. The van der Waals surface area contributed by atoms with Crippen molar-refractivity contribution in [3.05, 3.63) is 101 Å². The van der Waals surface area contributed by atoms with E-state index in [1.54, 1.807) is 24.3 Å². The van der Waals surface area contributed by atoms with Crippen LogP contribution in [-0.4, -0.2) is 60.3 Å². The molecule has 0 saturated carbocycles. The van der Waals surface area contributed by atoms with E-state index in [1.165, 1.54) is 5.56 Å². The van der Waals surface area contributed by atoms with Crippen LogP contribution in [0.4, 0.5) is 5.69 Å². The Morgan fingerprint density at radius 3 is 1.63 bits per heavy atom. The highest BCUT2D eigenvalue weighted by molar-refractivity contribution is 7.80. The molecule has 0 aliphatic carbocycles. The molecule has 1 aromatic heterocycles. The van der Waals surface area contributed by atoms with Crippen molar-refractivity contribution in [3.63, 3.8) is 0 Å². The molecule has 0 unspecified atom stereocenters. The Bertz CT molecular complexity index is 1970. The van der Waals surface area contributed by atoms with E-state index in [0.29, 0.717) is 77.7 Å². The molecule has 10 nitrogen and oxygen atoms in total. The Balaban J connectivity index is 0.000000331. The van der Waals surface area contributed by atoms with Gasteiger partial charge >= 0.3 is 0 Å². The van der Waals surface area contributed by atoms with E-state index in [1.807, 2.05) is 103 Å². The average molecular weight is 897 g/mol. The van der Waals surface area contributed by atoms with Gasteiger partial charge in [-0.05, 0) is 119 Å². The number of nitrogens with zero attached hydrogens (tertiary/aromatic N) is 3. The van der Waals surface area contributed by atoms with Crippen LogP contribution in [0.3, 0.4) is 0 Å². The molecule has 0 aliphatic rings. The van der Waals surface area contributed by atoms with Gasteiger partial charge < -0.3 is 16.0 Å². The first-order chi connectivity index (χ1) is 29.6. The Labute approximate surface area is 388 Å². The number of aromatic nitrogens is 3. The highest BCUT2D eigenvalue weighted by Gasteiger charge is 2.13. The minimum atomic E-state index is -0.104. The van der Waals surface area contributed by atoms with Crippen LogP contribution < -0.4 is 16.0 Å². The molecule has 12 heteroatoms. The molecule has 1 amide bonds. The van der Waals surface area contributed by atoms with Crippen LogP contribution in [0.1, 0.15) is 164 Å². The number of Topliss-reactive ketones (excluding diaryl/α,β-unsaturated/α-hetero) is 3. The van der Waals surface area contributed by atoms with Gasteiger partial charge in [-0.1, -0.05) is 108 Å². The van der Waals surface area contributed by atoms with E-state index in [9.17, 15) is 19.2 Å². The van der Waals surface area contributed by atoms with Crippen LogP contribution in [0.5, 0.6) is 0 Å². The largest absolute Gasteiger partial charge is 0.360 e. The number of ketones is 3. The van der Waals surface area contributed by atoms with Crippen LogP contribution in [0, 0.1) is 17.8 Å². The van der Waals surface area contributed by atoms with Gasteiger partial charge in [0, 0.05) is 78.2 Å². The number of anilines is 1. The first kappa shape index (κ1) is 54.2. The first-order valence-electron chi connectivity index (χ1n) is 22.3. The fraction of sp³-hybridized carbons (Fsp3) is 0.490. The first-order valence-corrected chi connectivity index (χ1v) is 23.1. The molecule has 0 fully saturated rings. The van der Waals surface area contributed by atoms with Crippen molar-refractivity contribution in [2.45, 2.75) is 146 Å². The van der Waals surface area contributed by atoms with Crippen LogP contribution in [0.2, 0.25) is 0 Å². The lowest BCUT2D eigenvalue weighted by atomic mass is 9.99. The van der Waals surface area contributed by atoms with Crippen LogP contribution in [0.15, 0.2) is 79.0 Å². The Morgan fingerprint density at radius 1 is 0.603 bits per heavy atom. The van der Waals surface area contributed by atoms with Crippen molar-refractivity contribution >= 4 is 63.4 Å². The normalized spacial score (nSPS) is 11.0. The minimum absolute atomic E-state index is 0.0785. The van der Waals surface area contributed by atoms with Gasteiger partial charge in [0.15, 0.2) is 16.7 Å². The summed E-state index contributed by atoms with van der Waals surface area (Å²) in [4.78, 5) is 48.6. The number of benzene rings is 3. The van der Waals surface area contributed by atoms with Crippen LogP contribution in [0.25, 0.3) is 11.3 Å². The van der Waals surface area contributed by atoms with Gasteiger partial charge in [0.2, 0.25) is 0 Å². The van der Waals surface area contributed by atoms with E-state index in [4.69, 9.17) is 24.4 Å². The summed E-state index contributed by atoms with van der Waals surface area (Å²) in [6.45, 7) is 24.5. The summed E-state index contributed by atoms with van der Waals surface area (Å²) < 4.78 is 1.81. The molecular formula is C51H72N6O4S2. The van der Waals surface area contributed by atoms with Gasteiger partial charge in [-0.3, -0.25) is 19.2 Å². The SMILES string of the molecule is CC(C)CC(=O)CCCC(=O)c1ccc(-c2cn(C(C)C)nn2)cc1.CC(C)CC(=O)c1ccc(C(=O)NC(C)C)cc1.CC(C)CC(=S)Cc1ccc(NC(=S)NC(C)C)cc1. The summed E-state index contributed by atoms with van der Waals surface area (Å²) in [5, 5.41) is 18.1. The molecular weight excluding hydrogens is 825 g/mol. The number of hydrogen-bond acceptors (Lipinski definition) is 8. The van der Waals surface area contributed by atoms with Gasteiger partial charge in [-0.15, -0.1) is 5.10 Å². The van der Waals surface area contributed by atoms with E-state index in [0.717, 1.165) is 34.7 Å². The minimum Gasteiger partial charge on any atom is -0.360 e. The standard InChI is InChI=1S/C20H27N3O2.C16H24N2S2.C15H21NO2/c1-14(2)12-18(24)6-5-7-20(25)17-10-8-16(9-11-17)19-13-23(15(3)4)22-21-19;1-11(2)9-15(19)10-13-5-7-14(8-6-13)18-16(20)17-12(3)4;1-10(2)9-14(17)12-5-7-13(8-6-12)15(18)16-11(3)4/h8-11,13-15H,5-7,12H2,1-4H3;5-8,11-12H,9-10H2,1-4H3,(H2,17,18,20);5-8,10-11H,9H2,1-4H3,(H,16,18). The molecule has 1 heterocycles. The van der Waals surface area contributed by atoms with E-state index < -0.39 is 0 Å². The lowest BCUT2D eigenvalue weighted by molar-refractivity contribution is -0.119. The molecule has 0 bridgehead atoms. The number of nitrogens with one attached hydrogen (secondary N) is 3. The molecule has 0 radical (unpaired) electrons. The van der Waals surface area contributed by atoms with E-state index in [-0.39, 0.29) is 35.3 Å². The average Bonchev–Trinajstić information content (AvgIpc) is 3.69. The van der Waals surface area contributed by atoms with Crippen LogP contribution in [-0.2, 0) is 11.2 Å². The van der Waals surface area contributed by atoms with Crippen molar-refractivity contribution in [1.82, 2.24) is 25.6 Å². The predicted molar refractivity (Wildman–Crippen MR) is 268 cm³/mol. The van der Waals surface area contributed by atoms with Crippen molar-refractivity contribution in [3.8, 4) is 11.3 Å². The third-order valence-corrected chi connectivity index (χ3v) is 9.72. The van der Waals surface area contributed by atoms with Crippen molar-refractivity contribution in [2.75, 3.05) is 5.32 Å². The molecule has 0 aliphatic heterocycles. The maximum Gasteiger partial charge on any atom is 0.251 e. The van der Waals surface area contributed by atoms with Gasteiger partial charge in [0.05, 0.1) is 6.20 Å². The quantitative estimate of drug-likeness (QED) is 0.0581. The van der Waals surface area contributed by atoms with E-state index >= 15 is 0 Å². The second-order valence-electron chi connectivity index (χ2n) is 18.2. The molecule has 3 N–H and O–H groups in total. The number of carbonyl (C=O) groups is 4. The lowest BCUT2D eigenvalue weighted by Crippen LogP contribution is -2.33. The number of amides is 1. The third-order valence-electron chi connectivity index (χ3n) is 9.19. The molecule has 0 saturated heterocycles. The van der Waals surface area contributed by atoms with Gasteiger partial charge in [0.1, 0.15) is 11.5 Å². The monoisotopic (exact) mass is 897 g/mol. The zero-order valence-corrected chi connectivity index (χ0v) is 41.3. The van der Waals surface area contributed by atoms with Gasteiger partial charge in [0.25, 0.3) is 5.91 Å². The van der Waals surface area contributed by atoms with Crippen molar-refractivity contribution < 1.29 is 19.2 Å². The molecule has 63 heavy (non-hydrogen) atoms. The second kappa shape index (κ2) is 28.0. The summed E-state index contributed by atoms with van der Waals surface area (Å²) in [5.74, 6) is 1.70. The number of hydrogen-bond donors (Lipinski definition) is 3. The number of thiocarbonyl (C=S) groups is 2. The fourth-order valence-electron chi connectivity index (χ4n) is 6.17. The zero-order valence-electron chi connectivity index (χ0n) is 39.7. The number of carbonyl (C=O) groups excluding carboxylic acids is 4. The summed E-state index contributed by atoms with van der Waals surface area (Å²) in [6.07, 6.45) is 6.45. The fourth-order valence-corrected chi connectivity index (χ4v) is 7.02. The Kier molecular flexibility index (Phi) is 24.1. The van der Waals surface area contributed by atoms with Gasteiger partial charge in [-0.2, -0.15) is 0 Å². The number of rotatable bonds is 20. The maximum absolute atomic E-state index is 12.2. The molecule has 3 aromatic carbocycles. The molecule has 342 valence electrons. The van der Waals surface area contributed by atoms with Crippen molar-refractivity contribution in [2.24, 2.45) is 17.8 Å². The van der Waals surface area contributed by atoms with Crippen molar-refractivity contribution in [1.29, 1.82) is 0 Å². The van der Waals surface area contributed by atoms with Crippen LogP contribution >= 0.6 is 24.4 Å². The van der Waals surface area contributed by atoms with Gasteiger partial charge in [-0.25, -0.2) is 4.68 Å². The zero-order chi connectivity index (χ0) is 47.2. The summed E-state index contributed by atoms with van der Waals surface area (Å²) in [5.41, 5.74) is 5.93. The topological polar surface area (TPSA) is 135 Å². The molecule has 4 aromatic rings. The van der Waals surface area contributed by atoms with E-state index in [2.05, 4.69) is 66.1 Å². The Morgan fingerprint density at radius 2 is 1.13 bits per heavy atom.